The van der Waals surface area contributed by atoms with Gasteiger partial charge in [-0.25, -0.2) is 5.01 Å². The molecule has 3 aromatic carbocycles. The van der Waals surface area contributed by atoms with Gasteiger partial charge in [-0.2, -0.15) is 0 Å². The molecule has 0 radical (unpaired) electrons. The van der Waals surface area contributed by atoms with Gasteiger partial charge in [0.25, 0.3) is 17.5 Å². The van der Waals surface area contributed by atoms with Crippen LogP contribution in [-0.2, 0) is 0 Å². The Morgan fingerprint density at radius 1 is 0.966 bits per heavy atom. The Kier molecular flexibility index (Phi) is 4.66. The molecule has 0 aliphatic carbocycles. The molecule has 1 atom stereocenters. The van der Waals surface area contributed by atoms with Crippen molar-refractivity contribution in [2.24, 2.45) is 0 Å². The molecular weight excluding hydrogens is 372 g/mol. The lowest BCUT2D eigenvalue weighted by atomic mass is 10.0. The van der Waals surface area contributed by atoms with Gasteiger partial charge < -0.3 is 5.32 Å². The fourth-order valence-electron chi connectivity index (χ4n) is 3.15. The smallest absolute Gasteiger partial charge is 0.276 e. The Morgan fingerprint density at radius 3 is 2.31 bits per heavy atom. The van der Waals surface area contributed by atoms with E-state index in [4.69, 9.17) is 0 Å². The molecule has 2 N–H and O–H groups in total. The van der Waals surface area contributed by atoms with Crippen LogP contribution >= 0.6 is 0 Å². The van der Waals surface area contributed by atoms with E-state index in [2.05, 4.69) is 10.7 Å². The Balaban J connectivity index is 1.66. The Labute approximate surface area is 165 Å². The molecular formula is C21H16N4O4. The first-order chi connectivity index (χ1) is 14.0. The van der Waals surface area contributed by atoms with Gasteiger partial charge in [0, 0.05) is 23.4 Å². The van der Waals surface area contributed by atoms with Gasteiger partial charge in [-0.1, -0.05) is 42.5 Å². The number of nitro groups is 1. The number of fused-ring (bicyclic) bond motifs is 1. The van der Waals surface area contributed by atoms with E-state index in [0.29, 0.717) is 11.3 Å². The summed E-state index contributed by atoms with van der Waals surface area (Å²) in [6, 6.07) is 21.5. The molecule has 4 rings (SSSR count). The summed E-state index contributed by atoms with van der Waals surface area (Å²) in [7, 11) is 0. The van der Waals surface area contributed by atoms with Crippen molar-refractivity contribution in [2.45, 2.75) is 6.17 Å². The highest BCUT2D eigenvalue weighted by molar-refractivity contribution is 6.04. The third kappa shape index (κ3) is 3.51. The molecule has 0 unspecified atom stereocenters. The second-order valence-corrected chi connectivity index (χ2v) is 6.42. The van der Waals surface area contributed by atoms with Crippen LogP contribution in [0.3, 0.4) is 0 Å². The molecule has 8 nitrogen and oxygen atoms in total. The number of hydrazine groups is 1. The molecule has 0 fully saturated rings. The van der Waals surface area contributed by atoms with Gasteiger partial charge in [-0.05, 0) is 29.8 Å². The number of nitro benzene ring substituents is 1. The predicted molar refractivity (Wildman–Crippen MR) is 106 cm³/mol. The zero-order chi connectivity index (χ0) is 20.4. The molecule has 144 valence electrons. The highest BCUT2D eigenvalue weighted by Gasteiger charge is 2.34. The van der Waals surface area contributed by atoms with Crippen molar-refractivity contribution in [3.63, 3.8) is 0 Å². The van der Waals surface area contributed by atoms with Crippen LogP contribution in [0.5, 0.6) is 0 Å². The highest BCUT2D eigenvalue weighted by atomic mass is 16.6. The van der Waals surface area contributed by atoms with E-state index in [0.717, 1.165) is 5.56 Å². The van der Waals surface area contributed by atoms with Crippen molar-refractivity contribution in [3.05, 3.63) is 106 Å². The summed E-state index contributed by atoms with van der Waals surface area (Å²) in [5.74, 6) is -0.904. The topological polar surface area (TPSA) is 105 Å². The third-order valence-electron chi connectivity index (χ3n) is 4.60. The summed E-state index contributed by atoms with van der Waals surface area (Å²) in [5.41, 5.74) is 4.62. The van der Waals surface area contributed by atoms with E-state index in [1.54, 1.807) is 18.2 Å². The van der Waals surface area contributed by atoms with E-state index < -0.39 is 17.0 Å². The van der Waals surface area contributed by atoms with Crippen LogP contribution < -0.4 is 10.7 Å². The zero-order valence-electron chi connectivity index (χ0n) is 15.1. The number of carbonyl (C=O) groups is 2. The summed E-state index contributed by atoms with van der Waals surface area (Å²) in [6.07, 6.45) is -0.611. The van der Waals surface area contributed by atoms with E-state index in [-0.39, 0.29) is 17.2 Å². The Morgan fingerprint density at radius 2 is 1.62 bits per heavy atom. The number of rotatable bonds is 4. The molecule has 2 amide bonds. The Hall–Kier alpha value is -4.20. The predicted octanol–water partition coefficient (Wildman–Crippen LogP) is 3.51. The lowest BCUT2D eigenvalue weighted by Crippen LogP contribution is -2.52. The summed E-state index contributed by atoms with van der Waals surface area (Å²) in [4.78, 5) is 36.1. The third-order valence-corrected chi connectivity index (χ3v) is 4.60. The summed E-state index contributed by atoms with van der Waals surface area (Å²) >= 11 is 0. The maximum Gasteiger partial charge on any atom is 0.276 e. The van der Waals surface area contributed by atoms with Gasteiger partial charge in [0.1, 0.15) is 6.17 Å². The number of nitrogens with zero attached hydrogens (tertiary/aromatic N) is 2. The maximum absolute atomic E-state index is 13.1. The van der Waals surface area contributed by atoms with Crippen LogP contribution in [0, 0.1) is 10.1 Å². The Bertz CT molecular complexity index is 1080. The van der Waals surface area contributed by atoms with Gasteiger partial charge in [0.15, 0.2) is 0 Å². The van der Waals surface area contributed by atoms with E-state index in [1.807, 2.05) is 36.4 Å². The van der Waals surface area contributed by atoms with Gasteiger partial charge in [-0.3, -0.25) is 25.1 Å². The minimum atomic E-state index is -0.611. The van der Waals surface area contributed by atoms with Crippen LogP contribution in [0.1, 0.15) is 32.4 Å². The van der Waals surface area contributed by atoms with E-state index in [1.165, 1.54) is 29.3 Å². The standard InChI is InChI=1S/C21H16N4O4/c26-20(15-10-12-16(13-11-15)25(28)29)23-24-19(14-6-2-1-3-7-14)22-18-9-5-4-8-17(18)21(24)27/h1-13,19,22H,(H,23,26)/t19-/m1/s1. The number of benzene rings is 3. The number of hydrogen-bond donors (Lipinski definition) is 2. The quantitative estimate of drug-likeness (QED) is 0.526. The van der Waals surface area contributed by atoms with E-state index in [9.17, 15) is 19.7 Å². The minimum absolute atomic E-state index is 0.117. The monoisotopic (exact) mass is 388 g/mol. The molecule has 29 heavy (non-hydrogen) atoms. The van der Waals surface area contributed by atoms with Crippen molar-refractivity contribution in [2.75, 3.05) is 5.32 Å². The highest BCUT2D eigenvalue weighted by Crippen LogP contribution is 2.31. The molecule has 0 spiro atoms. The average molecular weight is 388 g/mol. The van der Waals surface area contributed by atoms with Crippen molar-refractivity contribution < 1.29 is 14.5 Å². The number of amides is 2. The molecule has 1 aliphatic rings. The van der Waals surface area contributed by atoms with Gasteiger partial charge in [0.2, 0.25) is 0 Å². The van der Waals surface area contributed by atoms with Crippen LogP contribution in [0.4, 0.5) is 11.4 Å². The van der Waals surface area contributed by atoms with Crippen molar-refractivity contribution in [3.8, 4) is 0 Å². The maximum atomic E-state index is 13.1. The lowest BCUT2D eigenvalue weighted by Gasteiger charge is -2.37. The first-order valence-electron chi connectivity index (χ1n) is 8.84. The number of nitrogens with one attached hydrogen (secondary N) is 2. The SMILES string of the molecule is O=C(NN1C(=O)c2ccccc2N[C@H]1c1ccccc1)c1ccc([N+](=O)[O-])cc1. The fraction of sp³-hybridized carbons (Fsp3) is 0.0476. The average Bonchev–Trinajstić information content (AvgIpc) is 2.76. The molecule has 0 saturated carbocycles. The van der Waals surface area contributed by atoms with Crippen molar-refractivity contribution in [1.29, 1.82) is 0 Å². The van der Waals surface area contributed by atoms with Crippen LogP contribution in [0.15, 0.2) is 78.9 Å². The van der Waals surface area contributed by atoms with Gasteiger partial charge in [-0.15, -0.1) is 0 Å². The van der Waals surface area contributed by atoms with Crippen LogP contribution in [-0.4, -0.2) is 21.7 Å². The van der Waals surface area contributed by atoms with E-state index >= 15 is 0 Å². The molecule has 0 saturated heterocycles. The molecule has 3 aromatic rings. The number of para-hydroxylation sites is 1. The number of hydrogen-bond acceptors (Lipinski definition) is 5. The molecule has 1 aliphatic heterocycles. The zero-order valence-corrected chi connectivity index (χ0v) is 15.1. The molecule has 0 bridgehead atoms. The fourth-order valence-corrected chi connectivity index (χ4v) is 3.15. The van der Waals surface area contributed by atoms with Crippen LogP contribution in [0.2, 0.25) is 0 Å². The molecule has 0 aromatic heterocycles. The second-order valence-electron chi connectivity index (χ2n) is 6.42. The number of anilines is 1. The first kappa shape index (κ1) is 18.2. The molecule has 8 heteroatoms. The summed E-state index contributed by atoms with van der Waals surface area (Å²) in [5, 5.41) is 15.3. The van der Waals surface area contributed by atoms with Crippen molar-refractivity contribution >= 4 is 23.2 Å². The minimum Gasteiger partial charge on any atom is -0.359 e. The lowest BCUT2D eigenvalue weighted by molar-refractivity contribution is -0.384. The largest absolute Gasteiger partial charge is 0.359 e. The number of non-ortho nitro benzene ring substituents is 1. The molecule has 1 heterocycles. The second kappa shape index (κ2) is 7.43. The normalized spacial score (nSPS) is 15.2. The van der Waals surface area contributed by atoms with Crippen molar-refractivity contribution in [1.82, 2.24) is 10.4 Å². The van der Waals surface area contributed by atoms with Gasteiger partial charge >= 0.3 is 0 Å². The summed E-state index contributed by atoms with van der Waals surface area (Å²) in [6.45, 7) is 0. The van der Waals surface area contributed by atoms with Gasteiger partial charge in [0.05, 0.1) is 10.5 Å². The summed E-state index contributed by atoms with van der Waals surface area (Å²) < 4.78 is 0. The first-order valence-corrected chi connectivity index (χ1v) is 8.84. The number of carbonyl (C=O) groups excluding carboxylic acids is 2. The van der Waals surface area contributed by atoms with Crippen LogP contribution in [0.25, 0.3) is 0 Å².